The number of aryl methyl sites for hydroxylation is 2. The third-order valence-electron chi connectivity index (χ3n) is 4.43. The minimum absolute atomic E-state index is 0.375. The van der Waals surface area contributed by atoms with Crippen LogP contribution in [0.2, 0.25) is 0 Å². The number of halogens is 1. The first-order chi connectivity index (χ1) is 12.5. The predicted octanol–water partition coefficient (Wildman–Crippen LogP) is 4.85. The van der Waals surface area contributed by atoms with Crippen LogP contribution in [0, 0.1) is 13.8 Å². The van der Waals surface area contributed by atoms with Crippen molar-refractivity contribution in [2.75, 3.05) is 5.32 Å². The summed E-state index contributed by atoms with van der Waals surface area (Å²) in [4.78, 5) is 4.51. The summed E-state index contributed by atoms with van der Waals surface area (Å²) < 4.78 is 7.18. The number of ether oxygens (including phenoxy) is 1. The fourth-order valence-corrected chi connectivity index (χ4v) is 3.36. The Morgan fingerprint density at radius 1 is 1.12 bits per heavy atom. The third kappa shape index (κ3) is 3.17. The highest BCUT2D eigenvalue weighted by molar-refractivity contribution is 9.10. The lowest BCUT2D eigenvalue weighted by Crippen LogP contribution is -2.17. The fraction of sp³-hybridized carbons (Fsp3) is 0.211. The van der Waals surface area contributed by atoms with Crippen LogP contribution in [0.25, 0.3) is 11.3 Å². The van der Waals surface area contributed by atoms with E-state index in [1.54, 1.807) is 0 Å². The lowest BCUT2D eigenvalue weighted by molar-refractivity contribution is 0.226. The second-order valence-electron chi connectivity index (χ2n) is 6.22. The van der Waals surface area contributed by atoms with Gasteiger partial charge in [0.15, 0.2) is 17.7 Å². The molecule has 1 N–H and O–H groups in total. The monoisotopic (exact) mass is 428 g/mol. The summed E-state index contributed by atoms with van der Waals surface area (Å²) in [5, 5.41) is 12.0. The lowest BCUT2D eigenvalue weighted by atomic mass is 10.1. The molecule has 7 heteroatoms. The number of thiol groups is 1. The molecule has 0 saturated heterocycles. The van der Waals surface area contributed by atoms with Crippen molar-refractivity contribution >= 4 is 34.2 Å². The van der Waals surface area contributed by atoms with Crippen molar-refractivity contribution in [3.63, 3.8) is 0 Å². The summed E-state index contributed by atoms with van der Waals surface area (Å²) in [5.41, 5.74) is 5.92. The van der Waals surface area contributed by atoms with E-state index in [1.165, 1.54) is 11.1 Å². The summed E-state index contributed by atoms with van der Waals surface area (Å²) in [6.45, 7) is 4.19. The Kier molecular flexibility index (Phi) is 4.58. The van der Waals surface area contributed by atoms with Crippen molar-refractivity contribution in [1.82, 2.24) is 15.2 Å². The van der Waals surface area contributed by atoms with E-state index in [-0.39, 0.29) is 6.23 Å². The average molecular weight is 429 g/mol. The maximum atomic E-state index is 6.23. The zero-order chi connectivity index (χ0) is 18.3. The lowest BCUT2D eigenvalue weighted by Gasteiger charge is -2.20. The van der Waals surface area contributed by atoms with Gasteiger partial charge in [-0.05, 0) is 43.2 Å². The number of rotatable bonds is 2. The zero-order valence-corrected chi connectivity index (χ0v) is 16.8. The van der Waals surface area contributed by atoms with Crippen molar-refractivity contribution in [3.05, 3.63) is 63.4 Å². The van der Waals surface area contributed by atoms with Crippen LogP contribution in [0.1, 0.15) is 28.7 Å². The largest absolute Gasteiger partial charge is 0.448 e. The molecular formula is C19H17BrN4OS. The summed E-state index contributed by atoms with van der Waals surface area (Å²) in [7, 11) is 0. The van der Waals surface area contributed by atoms with E-state index in [0.29, 0.717) is 23.2 Å². The molecule has 1 aliphatic heterocycles. The standard InChI is InChI=1S/C19H17BrN4OS/c1-10-3-4-12(7-11(10)2)18-21-15-6-5-13(20)8-14(15)17-19(25-18)22-16(9-26)23-24-17/h3-8,18,21,26H,9H2,1-2H3. The normalized spacial score (nSPS) is 15.3. The Balaban J connectivity index is 1.87. The molecule has 5 nitrogen and oxygen atoms in total. The molecule has 2 heterocycles. The van der Waals surface area contributed by atoms with Gasteiger partial charge in [0.2, 0.25) is 5.88 Å². The van der Waals surface area contributed by atoms with Gasteiger partial charge in [-0.1, -0.05) is 34.1 Å². The second kappa shape index (κ2) is 6.89. The van der Waals surface area contributed by atoms with E-state index in [2.05, 4.69) is 81.1 Å². The van der Waals surface area contributed by atoms with E-state index in [4.69, 9.17) is 4.74 Å². The molecule has 0 bridgehead atoms. The molecule has 0 radical (unpaired) electrons. The SMILES string of the molecule is Cc1ccc(C2Nc3ccc(Br)cc3-c3nnc(CS)nc3O2)cc1C. The van der Waals surface area contributed by atoms with Crippen LogP contribution in [0.3, 0.4) is 0 Å². The highest BCUT2D eigenvalue weighted by atomic mass is 79.9. The van der Waals surface area contributed by atoms with E-state index in [1.807, 2.05) is 18.2 Å². The van der Waals surface area contributed by atoms with E-state index < -0.39 is 0 Å². The van der Waals surface area contributed by atoms with Crippen LogP contribution < -0.4 is 10.1 Å². The molecule has 4 rings (SSSR count). The quantitative estimate of drug-likeness (QED) is 0.571. The second-order valence-corrected chi connectivity index (χ2v) is 7.45. The first-order valence-electron chi connectivity index (χ1n) is 8.20. The highest BCUT2D eigenvalue weighted by Gasteiger charge is 2.26. The summed E-state index contributed by atoms with van der Waals surface area (Å²) >= 11 is 7.77. The molecule has 0 amide bonds. The summed E-state index contributed by atoms with van der Waals surface area (Å²) in [5.74, 6) is 1.39. The Bertz CT molecular complexity index is 995. The minimum Gasteiger partial charge on any atom is -0.448 e. The zero-order valence-electron chi connectivity index (χ0n) is 14.3. The highest BCUT2D eigenvalue weighted by Crippen LogP contribution is 2.40. The molecule has 1 aliphatic rings. The van der Waals surface area contributed by atoms with Crippen molar-refractivity contribution in [1.29, 1.82) is 0 Å². The molecule has 1 unspecified atom stereocenters. The van der Waals surface area contributed by atoms with Gasteiger partial charge in [0, 0.05) is 21.3 Å². The summed E-state index contributed by atoms with van der Waals surface area (Å²) in [6.07, 6.45) is -0.375. The van der Waals surface area contributed by atoms with Gasteiger partial charge in [-0.3, -0.25) is 0 Å². The molecule has 132 valence electrons. The first-order valence-corrected chi connectivity index (χ1v) is 9.62. The maximum absolute atomic E-state index is 6.23. The summed E-state index contributed by atoms with van der Waals surface area (Å²) in [6, 6.07) is 12.3. The number of nitrogens with zero attached hydrogens (tertiary/aromatic N) is 3. The topological polar surface area (TPSA) is 59.9 Å². The number of benzene rings is 2. The van der Waals surface area contributed by atoms with Crippen molar-refractivity contribution in [2.45, 2.75) is 25.8 Å². The van der Waals surface area contributed by atoms with Gasteiger partial charge in [0.25, 0.3) is 0 Å². The van der Waals surface area contributed by atoms with Gasteiger partial charge in [0.05, 0.1) is 5.75 Å². The Labute approximate surface area is 165 Å². The van der Waals surface area contributed by atoms with Gasteiger partial charge in [-0.2, -0.15) is 17.6 Å². The molecule has 26 heavy (non-hydrogen) atoms. The van der Waals surface area contributed by atoms with Gasteiger partial charge >= 0.3 is 0 Å². The molecule has 3 aromatic rings. The third-order valence-corrected chi connectivity index (χ3v) is 5.20. The smallest absolute Gasteiger partial charge is 0.246 e. The predicted molar refractivity (Wildman–Crippen MR) is 109 cm³/mol. The number of anilines is 1. The number of nitrogens with one attached hydrogen (secondary N) is 1. The Morgan fingerprint density at radius 3 is 2.73 bits per heavy atom. The van der Waals surface area contributed by atoms with Crippen molar-refractivity contribution in [3.8, 4) is 17.1 Å². The minimum atomic E-state index is -0.375. The van der Waals surface area contributed by atoms with Gasteiger partial charge in [-0.15, -0.1) is 10.2 Å². The maximum Gasteiger partial charge on any atom is 0.246 e. The van der Waals surface area contributed by atoms with Crippen LogP contribution in [-0.2, 0) is 5.75 Å². The van der Waals surface area contributed by atoms with E-state index >= 15 is 0 Å². The van der Waals surface area contributed by atoms with Gasteiger partial charge in [0.1, 0.15) is 0 Å². The van der Waals surface area contributed by atoms with Crippen molar-refractivity contribution < 1.29 is 4.74 Å². The number of fused-ring (bicyclic) bond motifs is 3. The molecule has 2 aromatic carbocycles. The van der Waals surface area contributed by atoms with E-state index in [9.17, 15) is 0 Å². The molecule has 0 spiro atoms. The molecule has 1 atom stereocenters. The fourth-order valence-electron chi connectivity index (χ4n) is 2.86. The molecular weight excluding hydrogens is 412 g/mol. The van der Waals surface area contributed by atoms with Crippen LogP contribution >= 0.6 is 28.6 Å². The number of hydrogen-bond donors (Lipinski definition) is 2. The average Bonchev–Trinajstić information content (AvgIpc) is 2.80. The van der Waals surface area contributed by atoms with Gasteiger partial charge in [-0.25, -0.2) is 0 Å². The van der Waals surface area contributed by atoms with Crippen molar-refractivity contribution in [2.24, 2.45) is 0 Å². The Hall–Kier alpha value is -2.12. The molecule has 0 aliphatic carbocycles. The van der Waals surface area contributed by atoms with E-state index in [0.717, 1.165) is 21.3 Å². The number of aromatic nitrogens is 3. The molecule has 1 aromatic heterocycles. The van der Waals surface area contributed by atoms with Crippen LogP contribution in [0.4, 0.5) is 5.69 Å². The van der Waals surface area contributed by atoms with Crippen LogP contribution in [-0.4, -0.2) is 15.2 Å². The van der Waals surface area contributed by atoms with Gasteiger partial charge < -0.3 is 10.1 Å². The van der Waals surface area contributed by atoms with Crippen LogP contribution in [0.15, 0.2) is 40.9 Å². The van der Waals surface area contributed by atoms with Crippen LogP contribution in [0.5, 0.6) is 5.88 Å². The molecule has 0 fully saturated rings. The number of hydrogen-bond acceptors (Lipinski definition) is 6. The first kappa shape index (κ1) is 17.3. The molecule has 0 saturated carbocycles. The Morgan fingerprint density at radius 2 is 1.96 bits per heavy atom.